The van der Waals surface area contributed by atoms with Crippen molar-refractivity contribution in [1.29, 1.82) is 0 Å². The van der Waals surface area contributed by atoms with Crippen LogP contribution in [0.2, 0.25) is 0 Å². The maximum absolute atomic E-state index is 6.04. The Kier molecular flexibility index (Phi) is 11.4. The quantitative estimate of drug-likeness (QED) is 0.189. The Morgan fingerprint density at radius 2 is 0.775 bits per heavy atom. The van der Waals surface area contributed by atoms with E-state index in [1.54, 1.807) is 28.4 Å². The SMILES string of the molecule is CCC(C)Oc1c(OC)cc(C=Cc2ccc(C=Cc3cc(OC)c(OC(C)CC)c(OC)c3)cc2)cc1OC. The highest BCUT2D eigenvalue weighted by molar-refractivity contribution is 5.75. The Labute approximate surface area is 239 Å². The predicted molar refractivity (Wildman–Crippen MR) is 164 cm³/mol. The summed E-state index contributed by atoms with van der Waals surface area (Å²) in [7, 11) is 6.55. The molecule has 0 saturated carbocycles. The van der Waals surface area contributed by atoms with Crippen LogP contribution in [-0.4, -0.2) is 40.6 Å². The maximum atomic E-state index is 6.04. The summed E-state index contributed by atoms with van der Waals surface area (Å²) >= 11 is 0. The number of benzene rings is 3. The standard InChI is InChI=1S/C34H42O6/c1-9-23(3)39-33-29(35-5)19-27(20-30(33)36-6)17-15-25-11-13-26(14-12-25)16-18-28-21-31(37-7)34(32(22-28)38-8)40-24(4)10-2/h11-24H,9-10H2,1-8H3. The summed E-state index contributed by atoms with van der Waals surface area (Å²) in [5.41, 5.74) is 4.06. The molecule has 0 amide bonds. The molecule has 0 fully saturated rings. The van der Waals surface area contributed by atoms with Gasteiger partial charge in [-0.1, -0.05) is 62.4 Å². The van der Waals surface area contributed by atoms with Crippen molar-refractivity contribution in [2.75, 3.05) is 28.4 Å². The fraction of sp³-hybridized carbons (Fsp3) is 0.353. The van der Waals surface area contributed by atoms with E-state index in [0.29, 0.717) is 34.5 Å². The lowest BCUT2D eigenvalue weighted by Gasteiger charge is -2.18. The molecule has 0 heterocycles. The van der Waals surface area contributed by atoms with E-state index in [1.165, 1.54) is 0 Å². The molecule has 0 radical (unpaired) electrons. The molecule has 0 aromatic heterocycles. The van der Waals surface area contributed by atoms with Crippen LogP contribution in [0.15, 0.2) is 48.5 Å². The summed E-state index contributed by atoms with van der Waals surface area (Å²) in [6.45, 7) is 8.21. The minimum Gasteiger partial charge on any atom is -0.493 e. The molecule has 3 aromatic rings. The normalized spacial score (nSPS) is 12.8. The Bertz CT molecular complexity index is 1140. The molecule has 2 atom stereocenters. The molecule has 0 aliphatic heterocycles. The van der Waals surface area contributed by atoms with Crippen molar-refractivity contribution in [2.45, 2.75) is 52.7 Å². The Morgan fingerprint density at radius 1 is 0.500 bits per heavy atom. The zero-order chi connectivity index (χ0) is 29.1. The first-order valence-corrected chi connectivity index (χ1v) is 13.7. The lowest BCUT2D eigenvalue weighted by molar-refractivity contribution is 0.198. The largest absolute Gasteiger partial charge is 0.493 e. The summed E-state index contributed by atoms with van der Waals surface area (Å²) in [5, 5.41) is 0. The van der Waals surface area contributed by atoms with Crippen molar-refractivity contribution in [3.8, 4) is 34.5 Å². The molecular formula is C34H42O6. The molecule has 6 heteroatoms. The molecule has 3 aromatic carbocycles. The summed E-state index contributed by atoms with van der Waals surface area (Å²) in [6, 6.07) is 16.1. The third kappa shape index (κ3) is 7.98. The van der Waals surface area contributed by atoms with Crippen molar-refractivity contribution in [3.63, 3.8) is 0 Å². The lowest BCUT2D eigenvalue weighted by Crippen LogP contribution is -2.11. The molecule has 3 rings (SSSR count). The topological polar surface area (TPSA) is 55.4 Å². The van der Waals surface area contributed by atoms with E-state index in [-0.39, 0.29) is 12.2 Å². The monoisotopic (exact) mass is 546 g/mol. The van der Waals surface area contributed by atoms with Crippen LogP contribution in [0.4, 0.5) is 0 Å². The molecule has 0 saturated heterocycles. The van der Waals surface area contributed by atoms with Crippen LogP contribution in [-0.2, 0) is 0 Å². The van der Waals surface area contributed by atoms with Gasteiger partial charge in [0.1, 0.15) is 0 Å². The van der Waals surface area contributed by atoms with Gasteiger partial charge in [0.05, 0.1) is 40.6 Å². The molecule has 6 nitrogen and oxygen atoms in total. The third-order valence-corrected chi connectivity index (χ3v) is 6.63. The van der Waals surface area contributed by atoms with Crippen molar-refractivity contribution in [1.82, 2.24) is 0 Å². The Balaban J connectivity index is 1.77. The van der Waals surface area contributed by atoms with E-state index >= 15 is 0 Å². The molecule has 0 aliphatic rings. The molecule has 214 valence electrons. The summed E-state index contributed by atoms with van der Waals surface area (Å²) < 4.78 is 34.5. The number of hydrogen-bond donors (Lipinski definition) is 0. The van der Waals surface area contributed by atoms with Crippen LogP contribution in [0.1, 0.15) is 62.8 Å². The molecule has 0 bridgehead atoms. The molecule has 0 N–H and O–H groups in total. The zero-order valence-electron chi connectivity index (χ0n) is 24.9. The van der Waals surface area contributed by atoms with Crippen molar-refractivity contribution < 1.29 is 28.4 Å². The van der Waals surface area contributed by atoms with Crippen LogP contribution < -0.4 is 28.4 Å². The predicted octanol–water partition coefficient (Wildman–Crippen LogP) is 8.42. The molecule has 0 spiro atoms. The number of methoxy groups -OCH3 is 4. The minimum atomic E-state index is 0.0591. The van der Waals surface area contributed by atoms with Gasteiger partial charge in [0.25, 0.3) is 0 Å². The van der Waals surface area contributed by atoms with Gasteiger partial charge in [-0.2, -0.15) is 0 Å². The Hall–Kier alpha value is -4.06. The first kappa shape index (κ1) is 30.5. The Morgan fingerprint density at radius 3 is 1.02 bits per heavy atom. The lowest BCUT2D eigenvalue weighted by atomic mass is 10.1. The minimum absolute atomic E-state index is 0.0591. The van der Waals surface area contributed by atoms with Gasteiger partial charge in [0, 0.05) is 0 Å². The van der Waals surface area contributed by atoms with E-state index in [9.17, 15) is 0 Å². The van der Waals surface area contributed by atoms with E-state index in [2.05, 4.69) is 50.3 Å². The van der Waals surface area contributed by atoms with Gasteiger partial charge in [-0.15, -0.1) is 0 Å². The summed E-state index contributed by atoms with van der Waals surface area (Å²) in [6.07, 6.45) is 10.1. The van der Waals surface area contributed by atoms with E-state index < -0.39 is 0 Å². The smallest absolute Gasteiger partial charge is 0.203 e. The van der Waals surface area contributed by atoms with Gasteiger partial charge in [-0.3, -0.25) is 0 Å². The molecule has 2 unspecified atom stereocenters. The zero-order valence-corrected chi connectivity index (χ0v) is 24.9. The molecule has 40 heavy (non-hydrogen) atoms. The van der Waals surface area contributed by atoms with Gasteiger partial charge in [0.15, 0.2) is 23.0 Å². The average Bonchev–Trinajstić information content (AvgIpc) is 2.99. The van der Waals surface area contributed by atoms with Crippen molar-refractivity contribution in [2.24, 2.45) is 0 Å². The first-order valence-electron chi connectivity index (χ1n) is 13.7. The second-order valence-electron chi connectivity index (χ2n) is 9.52. The summed E-state index contributed by atoms with van der Waals surface area (Å²) in [4.78, 5) is 0. The molecule has 0 aliphatic carbocycles. The van der Waals surface area contributed by atoms with E-state index in [1.807, 2.05) is 50.3 Å². The highest BCUT2D eigenvalue weighted by atomic mass is 16.5. The van der Waals surface area contributed by atoms with Crippen LogP contribution in [0.25, 0.3) is 24.3 Å². The van der Waals surface area contributed by atoms with Crippen molar-refractivity contribution in [3.05, 3.63) is 70.8 Å². The summed E-state index contributed by atoms with van der Waals surface area (Å²) in [5.74, 6) is 3.83. The van der Waals surface area contributed by atoms with Crippen LogP contribution in [0, 0.1) is 0 Å². The number of rotatable bonds is 14. The highest BCUT2D eigenvalue weighted by Gasteiger charge is 2.17. The van der Waals surface area contributed by atoms with Gasteiger partial charge >= 0.3 is 0 Å². The second-order valence-corrected chi connectivity index (χ2v) is 9.52. The molecular weight excluding hydrogens is 504 g/mol. The third-order valence-electron chi connectivity index (χ3n) is 6.63. The van der Waals surface area contributed by atoms with E-state index in [4.69, 9.17) is 28.4 Å². The number of hydrogen-bond acceptors (Lipinski definition) is 6. The first-order chi connectivity index (χ1) is 19.3. The van der Waals surface area contributed by atoms with Crippen LogP contribution in [0.5, 0.6) is 34.5 Å². The van der Waals surface area contributed by atoms with Gasteiger partial charge in [-0.05, 0) is 73.2 Å². The van der Waals surface area contributed by atoms with Gasteiger partial charge < -0.3 is 28.4 Å². The maximum Gasteiger partial charge on any atom is 0.203 e. The highest BCUT2D eigenvalue weighted by Crippen LogP contribution is 2.41. The number of ether oxygens (including phenoxy) is 6. The van der Waals surface area contributed by atoms with Gasteiger partial charge in [0.2, 0.25) is 11.5 Å². The average molecular weight is 547 g/mol. The van der Waals surface area contributed by atoms with Crippen LogP contribution >= 0.6 is 0 Å². The fourth-order valence-electron chi connectivity index (χ4n) is 3.90. The van der Waals surface area contributed by atoms with Crippen LogP contribution in [0.3, 0.4) is 0 Å². The second kappa shape index (κ2) is 14.9. The van der Waals surface area contributed by atoms with Crippen molar-refractivity contribution >= 4 is 24.3 Å². The fourth-order valence-corrected chi connectivity index (χ4v) is 3.90. The van der Waals surface area contributed by atoms with E-state index in [0.717, 1.165) is 35.1 Å². The van der Waals surface area contributed by atoms with Gasteiger partial charge in [-0.25, -0.2) is 0 Å².